The highest BCUT2D eigenvalue weighted by Gasteiger charge is 2.17. The third-order valence-electron chi connectivity index (χ3n) is 4.61. The molecule has 0 aliphatic carbocycles. The number of carbonyl (C=O) groups is 3. The predicted molar refractivity (Wildman–Crippen MR) is 125 cm³/mol. The first-order valence-electron chi connectivity index (χ1n) is 10.7. The zero-order valence-corrected chi connectivity index (χ0v) is 19.1. The highest BCUT2D eigenvalue weighted by Crippen LogP contribution is 2.19. The number of nitrogens with one attached hydrogen (secondary N) is 2. The number of hydrogen-bond donors (Lipinski definition) is 2. The molecule has 1 aliphatic rings. The van der Waals surface area contributed by atoms with Crippen molar-refractivity contribution in [3.63, 3.8) is 0 Å². The molecule has 9 nitrogen and oxygen atoms in total. The monoisotopic (exact) mass is 455 g/mol. The summed E-state index contributed by atoms with van der Waals surface area (Å²) in [5.74, 6) is -1.13. The zero-order valence-electron chi connectivity index (χ0n) is 19.1. The lowest BCUT2D eigenvalue weighted by Crippen LogP contribution is -2.36. The van der Waals surface area contributed by atoms with E-state index in [1.165, 1.54) is 12.1 Å². The summed E-state index contributed by atoms with van der Waals surface area (Å²) >= 11 is 0. The molecule has 1 fully saturated rings. The Balaban J connectivity index is 1.48. The van der Waals surface area contributed by atoms with Crippen molar-refractivity contribution in [2.75, 3.05) is 48.4 Å². The van der Waals surface area contributed by atoms with Crippen LogP contribution in [0, 0.1) is 0 Å². The molecule has 0 bridgehead atoms. The van der Waals surface area contributed by atoms with Crippen molar-refractivity contribution in [1.29, 1.82) is 0 Å². The van der Waals surface area contributed by atoms with Crippen LogP contribution in [-0.4, -0.2) is 56.5 Å². The second-order valence-electron chi connectivity index (χ2n) is 8.48. The molecule has 3 rings (SSSR count). The Labute approximate surface area is 193 Å². The minimum absolute atomic E-state index is 0.200. The summed E-state index contributed by atoms with van der Waals surface area (Å²) in [6.07, 6.45) is -0.632. The van der Waals surface area contributed by atoms with Crippen LogP contribution in [0.5, 0.6) is 0 Å². The van der Waals surface area contributed by atoms with E-state index in [0.717, 1.165) is 18.8 Å². The highest BCUT2D eigenvalue weighted by atomic mass is 16.6. The molecule has 176 valence electrons. The Morgan fingerprint density at radius 3 is 2.33 bits per heavy atom. The van der Waals surface area contributed by atoms with Crippen LogP contribution in [0.2, 0.25) is 0 Å². The lowest BCUT2D eigenvalue weighted by molar-refractivity contribution is -0.119. The van der Waals surface area contributed by atoms with E-state index in [-0.39, 0.29) is 5.56 Å². The predicted octanol–water partition coefficient (Wildman–Crippen LogP) is 3.67. The molecule has 0 radical (unpaired) electrons. The summed E-state index contributed by atoms with van der Waals surface area (Å²) in [7, 11) is 0. The van der Waals surface area contributed by atoms with Crippen molar-refractivity contribution in [3.8, 4) is 0 Å². The van der Waals surface area contributed by atoms with Crippen molar-refractivity contribution < 1.29 is 28.6 Å². The summed E-state index contributed by atoms with van der Waals surface area (Å²) in [5, 5.41) is 5.27. The number of morpholine rings is 1. The van der Waals surface area contributed by atoms with E-state index >= 15 is 0 Å². The molecule has 0 unspecified atom stereocenters. The van der Waals surface area contributed by atoms with Gasteiger partial charge in [-0.15, -0.1) is 0 Å². The van der Waals surface area contributed by atoms with Crippen molar-refractivity contribution in [1.82, 2.24) is 0 Å². The summed E-state index contributed by atoms with van der Waals surface area (Å²) < 4.78 is 15.6. The summed E-state index contributed by atoms with van der Waals surface area (Å²) in [6, 6.07) is 13.7. The molecular formula is C24H29N3O6. The van der Waals surface area contributed by atoms with Crippen LogP contribution in [0.3, 0.4) is 0 Å². The van der Waals surface area contributed by atoms with Gasteiger partial charge in [-0.25, -0.2) is 9.59 Å². The lowest BCUT2D eigenvalue weighted by Gasteiger charge is -2.28. The molecule has 1 saturated heterocycles. The third kappa shape index (κ3) is 7.80. The molecule has 33 heavy (non-hydrogen) atoms. The van der Waals surface area contributed by atoms with Crippen LogP contribution in [0.4, 0.5) is 21.9 Å². The Morgan fingerprint density at radius 2 is 1.67 bits per heavy atom. The number of ether oxygens (including phenoxy) is 3. The maximum absolute atomic E-state index is 12.3. The van der Waals surface area contributed by atoms with Gasteiger partial charge in [-0.1, -0.05) is 6.07 Å². The third-order valence-corrected chi connectivity index (χ3v) is 4.61. The standard InChI is InChI=1S/C24H29N3O6/c1-24(2,3)33-23(30)26-19-6-4-5-17(15-19)22(29)32-16-21(28)25-18-7-9-20(10-8-18)27-11-13-31-14-12-27/h4-10,15H,11-14,16H2,1-3H3,(H,25,28)(H,26,30). The number of hydrogen-bond acceptors (Lipinski definition) is 7. The van der Waals surface area contributed by atoms with Crippen LogP contribution in [-0.2, 0) is 19.0 Å². The molecule has 2 aromatic carbocycles. The summed E-state index contributed by atoms with van der Waals surface area (Å²) in [5.41, 5.74) is 1.60. The van der Waals surface area contributed by atoms with Gasteiger partial charge in [0, 0.05) is 30.2 Å². The number of benzene rings is 2. The van der Waals surface area contributed by atoms with Crippen LogP contribution >= 0.6 is 0 Å². The Bertz CT molecular complexity index is 978. The van der Waals surface area contributed by atoms with E-state index in [1.54, 1.807) is 45.0 Å². The van der Waals surface area contributed by atoms with E-state index in [1.807, 2.05) is 12.1 Å². The fraction of sp³-hybridized carbons (Fsp3) is 0.375. The van der Waals surface area contributed by atoms with Crippen LogP contribution in [0.25, 0.3) is 0 Å². The quantitative estimate of drug-likeness (QED) is 0.640. The van der Waals surface area contributed by atoms with E-state index in [4.69, 9.17) is 14.2 Å². The fourth-order valence-electron chi connectivity index (χ4n) is 3.13. The molecule has 2 N–H and O–H groups in total. The molecule has 2 amide bonds. The maximum atomic E-state index is 12.3. The van der Waals surface area contributed by atoms with Gasteiger partial charge in [-0.05, 0) is 63.2 Å². The van der Waals surface area contributed by atoms with E-state index in [0.29, 0.717) is 24.6 Å². The fourth-order valence-corrected chi connectivity index (χ4v) is 3.13. The first-order valence-corrected chi connectivity index (χ1v) is 10.7. The van der Waals surface area contributed by atoms with Crippen molar-refractivity contribution >= 4 is 35.0 Å². The normalized spacial score (nSPS) is 13.7. The van der Waals surface area contributed by atoms with Crippen molar-refractivity contribution in [3.05, 3.63) is 54.1 Å². The first kappa shape index (κ1) is 24.1. The van der Waals surface area contributed by atoms with Gasteiger partial charge in [0.1, 0.15) is 5.60 Å². The maximum Gasteiger partial charge on any atom is 0.412 e. The molecule has 1 aliphatic heterocycles. The molecule has 2 aromatic rings. The van der Waals surface area contributed by atoms with Crippen LogP contribution in [0.15, 0.2) is 48.5 Å². The number of amides is 2. The highest BCUT2D eigenvalue weighted by molar-refractivity contribution is 5.96. The Hall–Kier alpha value is -3.59. The number of nitrogens with zero attached hydrogens (tertiary/aromatic N) is 1. The van der Waals surface area contributed by atoms with Gasteiger partial charge < -0.3 is 24.4 Å². The Kier molecular flexibility index (Phi) is 7.89. The van der Waals surface area contributed by atoms with Crippen LogP contribution < -0.4 is 15.5 Å². The zero-order chi connectivity index (χ0) is 23.8. The van der Waals surface area contributed by atoms with Gasteiger partial charge in [-0.3, -0.25) is 10.1 Å². The largest absolute Gasteiger partial charge is 0.452 e. The van der Waals surface area contributed by atoms with Crippen molar-refractivity contribution in [2.24, 2.45) is 0 Å². The lowest BCUT2D eigenvalue weighted by atomic mass is 10.2. The van der Waals surface area contributed by atoms with Gasteiger partial charge in [0.2, 0.25) is 0 Å². The van der Waals surface area contributed by atoms with E-state index in [9.17, 15) is 14.4 Å². The van der Waals surface area contributed by atoms with Gasteiger partial charge in [0.15, 0.2) is 6.61 Å². The summed E-state index contributed by atoms with van der Waals surface area (Å²) in [6.45, 7) is 7.88. The molecule has 9 heteroatoms. The minimum Gasteiger partial charge on any atom is -0.452 e. The smallest absolute Gasteiger partial charge is 0.412 e. The second kappa shape index (κ2) is 10.8. The van der Waals surface area contributed by atoms with Gasteiger partial charge in [-0.2, -0.15) is 0 Å². The Morgan fingerprint density at radius 1 is 0.970 bits per heavy atom. The topological polar surface area (TPSA) is 106 Å². The number of anilines is 3. The van der Waals surface area contributed by atoms with Gasteiger partial charge >= 0.3 is 12.1 Å². The number of esters is 1. The SMILES string of the molecule is CC(C)(C)OC(=O)Nc1cccc(C(=O)OCC(=O)Nc2ccc(N3CCOCC3)cc2)c1. The molecule has 0 atom stereocenters. The van der Waals surface area contributed by atoms with Crippen molar-refractivity contribution in [2.45, 2.75) is 26.4 Å². The molecule has 1 heterocycles. The average Bonchev–Trinajstić information content (AvgIpc) is 2.77. The number of rotatable bonds is 6. The average molecular weight is 456 g/mol. The minimum atomic E-state index is -0.680. The number of carbonyl (C=O) groups excluding carboxylic acids is 3. The van der Waals surface area contributed by atoms with Gasteiger partial charge in [0.05, 0.1) is 18.8 Å². The van der Waals surface area contributed by atoms with Gasteiger partial charge in [0.25, 0.3) is 5.91 Å². The van der Waals surface area contributed by atoms with E-state index < -0.39 is 30.2 Å². The first-order chi connectivity index (χ1) is 15.7. The molecular weight excluding hydrogens is 426 g/mol. The second-order valence-corrected chi connectivity index (χ2v) is 8.48. The van der Waals surface area contributed by atoms with Crippen LogP contribution in [0.1, 0.15) is 31.1 Å². The molecule has 0 aromatic heterocycles. The van der Waals surface area contributed by atoms with E-state index in [2.05, 4.69) is 15.5 Å². The molecule has 0 saturated carbocycles. The summed E-state index contributed by atoms with van der Waals surface area (Å²) in [4.78, 5) is 38.6. The molecule has 0 spiro atoms.